The Morgan fingerprint density at radius 3 is 2.59 bits per heavy atom. The van der Waals surface area contributed by atoms with E-state index in [9.17, 15) is 8.78 Å². The fourth-order valence-corrected chi connectivity index (χ4v) is 4.38. The highest BCUT2D eigenvalue weighted by molar-refractivity contribution is 5.92. The molecule has 0 radical (unpaired) electrons. The number of rotatable bonds is 7. The minimum Gasteiger partial charge on any atom is -0.494 e. The Kier molecular flexibility index (Phi) is 5.93. The fraction of sp³-hybridized carbons (Fsp3) is 0.185. The molecule has 186 valence electrons. The maximum absolute atomic E-state index is 14.8. The second kappa shape index (κ2) is 9.55. The fourth-order valence-electron chi connectivity index (χ4n) is 4.38. The molecule has 4 heterocycles. The Morgan fingerprint density at radius 2 is 1.81 bits per heavy atom. The molecular formula is C27H22F2N6O2. The number of para-hydroxylation sites is 1. The van der Waals surface area contributed by atoms with E-state index in [0.717, 1.165) is 22.3 Å². The van der Waals surface area contributed by atoms with Crippen LogP contribution in [0.4, 0.5) is 20.3 Å². The van der Waals surface area contributed by atoms with E-state index in [0.29, 0.717) is 42.7 Å². The summed E-state index contributed by atoms with van der Waals surface area (Å²) in [5, 5.41) is 8.81. The summed E-state index contributed by atoms with van der Waals surface area (Å²) < 4.78 is 42.2. The van der Waals surface area contributed by atoms with Gasteiger partial charge in [-0.15, -0.1) is 0 Å². The van der Waals surface area contributed by atoms with Crippen molar-refractivity contribution in [2.45, 2.75) is 26.7 Å². The molecule has 0 atom stereocenters. The van der Waals surface area contributed by atoms with E-state index in [4.69, 9.17) is 24.5 Å². The van der Waals surface area contributed by atoms with Crippen LogP contribution in [-0.4, -0.2) is 31.3 Å². The molecule has 1 aliphatic rings. The number of halogens is 2. The summed E-state index contributed by atoms with van der Waals surface area (Å²) in [5.41, 5.74) is 3.58. The van der Waals surface area contributed by atoms with Crippen molar-refractivity contribution in [2.75, 3.05) is 11.9 Å². The number of nitrogens with zero attached hydrogens (tertiary/aromatic N) is 5. The van der Waals surface area contributed by atoms with Gasteiger partial charge in [0.2, 0.25) is 0 Å². The third kappa shape index (κ3) is 4.36. The highest BCUT2D eigenvalue weighted by atomic mass is 19.1. The van der Waals surface area contributed by atoms with Crippen molar-refractivity contribution in [1.82, 2.24) is 24.7 Å². The molecule has 0 saturated carbocycles. The van der Waals surface area contributed by atoms with Crippen LogP contribution in [-0.2, 0) is 24.5 Å². The molecule has 0 spiro atoms. The number of anilines is 2. The van der Waals surface area contributed by atoms with Gasteiger partial charge in [0.05, 0.1) is 37.6 Å². The van der Waals surface area contributed by atoms with Gasteiger partial charge in [-0.3, -0.25) is 9.67 Å². The Morgan fingerprint density at radius 1 is 1.03 bits per heavy atom. The molecule has 1 aliphatic heterocycles. The summed E-state index contributed by atoms with van der Waals surface area (Å²) in [7, 11) is 0. The van der Waals surface area contributed by atoms with Crippen LogP contribution in [0.2, 0.25) is 0 Å². The smallest absolute Gasteiger partial charge is 0.183 e. The first-order chi connectivity index (χ1) is 18.1. The molecular weight excluding hydrogens is 478 g/mol. The Bertz CT molecular complexity index is 1580. The van der Waals surface area contributed by atoms with Crippen LogP contribution in [0.5, 0.6) is 5.75 Å². The van der Waals surface area contributed by atoms with Crippen LogP contribution < -0.4 is 10.1 Å². The van der Waals surface area contributed by atoms with Crippen LogP contribution in [0.3, 0.4) is 0 Å². The van der Waals surface area contributed by atoms with Crippen molar-refractivity contribution in [1.29, 1.82) is 0 Å². The van der Waals surface area contributed by atoms with Gasteiger partial charge in [0.1, 0.15) is 28.9 Å². The molecule has 37 heavy (non-hydrogen) atoms. The molecule has 6 rings (SSSR count). The summed E-state index contributed by atoms with van der Waals surface area (Å²) in [6, 6.07) is 13.5. The highest BCUT2D eigenvalue weighted by Crippen LogP contribution is 2.33. The van der Waals surface area contributed by atoms with Gasteiger partial charge in [-0.25, -0.2) is 18.7 Å². The van der Waals surface area contributed by atoms with Gasteiger partial charge >= 0.3 is 0 Å². The molecule has 2 aromatic carbocycles. The van der Waals surface area contributed by atoms with Gasteiger partial charge in [-0.2, -0.15) is 5.10 Å². The van der Waals surface area contributed by atoms with E-state index >= 15 is 0 Å². The SMILES string of the molecule is CCOc1cc(F)c(Cn2nc(-c3nc4c(c(Nc5ccncc5)n3)COC4)c3ccccc32)c(F)c1. The topological polar surface area (TPSA) is 87.0 Å². The van der Waals surface area contributed by atoms with Gasteiger partial charge < -0.3 is 14.8 Å². The third-order valence-electron chi connectivity index (χ3n) is 6.12. The molecule has 10 heteroatoms. The third-order valence-corrected chi connectivity index (χ3v) is 6.12. The van der Waals surface area contributed by atoms with Gasteiger partial charge in [-0.05, 0) is 25.1 Å². The summed E-state index contributed by atoms with van der Waals surface area (Å²) >= 11 is 0. The van der Waals surface area contributed by atoms with E-state index in [2.05, 4.69) is 10.3 Å². The molecule has 0 aliphatic carbocycles. The number of pyridine rings is 1. The zero-order valence-corrected chi connectivity index (χ0v) is 19.9. The molecule has 3 aromatic heterocycles. The number of benzene rings is 2. The standard InChI is InChI=1S/C27H22F2N6O2/c1-2-37-17-11-21(28)19(22(29)12-17)13-35-24-6-4-3-5-18(24)25(34-35)27-32-23-15-36-14-20(23)26(33-27)31-16-7-9-30-10-8-16/h3-12H,2,13-15H2,1H3,(H,30,31,32,33). The van der Waals surface area contributed by atoms with Crippen molar-refractivity contribution in [2.24, 2.45) is 0 Å². The molecule has 1 N–H and O–H groups in total. The number of hydrogen-bond acceptors (Lipinski definition) is 7. The molecule has 0 saturated heterocycles. The van der Waals surface area contributed by atoms with Crippen molar-refractivity contribution in [3.05, 3.63) is 89.4 Å². The van der Waals surface area contributed by atoms with Gasteiger partial charge in [0.25, 0.3) is 0 Å². The first kappa shape index (κ1) is 23.0. The van der Waals surface area contributed by atoms with E-state index in [1.165, 1.54) is 12.1 Å². The van der Waals surface area contributed by atoms with Crippen LogP contribution in [0.25, 0.3) is 22.4 Å². The zero-order chi connectivity index (χ0) is 25.4. The van der Waals surface area contributed by atoms with Crippen LogP contribution in [0.15, 0.2) is 60.9 Å². The maximum atomic E-state index is 14.8. The average molecular weight is 501 g/mol. The first-order valence-corrected chi connectivity index (χ1v) is 11.8. The number of fused-ring (bicyclic) bond motifs is 2. The molecule has 5 aromatic rings. The zero-order valence-electron chi connectivity index (χ0n) is 19.9. The summed E-state index contributed by atoms with van der Waals surface area (Å²) in [6.07, 6.45) is 3.38. The normalized spacial score (nSPS) is 12.6. The van der Waals surface area contributed by atoms with E-state index in [1.807, 2.05) is 36.4 Å². The predicted molar refractivity (Wildman–Crippen MR) is 133 cm³/mol. The number of hydrogen-bond donors (Lipinski definition) is 1. The van der Waals surface area contributed by atoms with Crippen LogP contribution in [0.1, 0.15) is 23.7 Å². The monoisotopic (exact) mass is 500 g/mol. The number of aromatic nitrogens is 5. The summed E-state index contributed by atoms with van der Waals surface area (Å²) in [4.78, 5) is 13.6. The Balaban J connectivity index is 1.44. The molecule has 8 nitrogen and oxygen atoms in total. The molecule has 0 fully saturated rings. The average Bonchev–Trinajstić information content (AvgIpc) is 3.52. The number of nitrogens with one attached hydrogen (secondary N) is 1. The quantitative estimate of drug-likeness (QED) is 0.321. The summed E-state index contributed by atoms with van der Waals surface area (Å²) in [6.45, 7) is 2.72. The number of ether oxygens (including phenoxy) is 2. The van der Waals surface area contributed by atoms with Gasteiger partial charge in [0.15, 0.2) is 5.82 Å². The van der Waals surface area contributed by atoms with Gasteiger partial charge in [-0.1, -0.05) is 18.2 Å². The first-order valence-electron chi connectivity index (χ1n) is 11.8. The van der Waals surface area contributed by atoms with Crippen LogP contribution >= 0.6 is 0 Å². The lowest BCUT2D eigenvalue weighted by atomic mass is 10.1. The van der Waals surface area contributed by atoms with Crippen LogP contribution in [0, 0.1) is 11.6 Å². The lowest BCUT2D eigenvalue weighted by Gasteiger charge is -2.11. The maximum Gasteiger partial charge on any atom is 0.183 e. The largest absolute Gasteiger partial charge is 0.494 e. The van der Waals surface area contributed by atoms with E-state index in [-0.39, 0.29) is 17.9 Å². The Labute approximate surface area is 210 Å². The van der Waals surface area contributed by atoms with E-state index < -0.39 is 11.6 Å². The minimum atomic E-state index is -0.695. The van der Waals surface area contributed by atoms with Crippen molar-refractivity contribution in [3.8, 4) is 17.3 Å². The highest BCUT2D eigenvalue weighted by Gasteiger charge is 2.24. The molecule has 0 amide bonds. The predicted octanol–water partition coefficient (Wildman–Crippen LogP) is 5.39. The lowest BCUT2D eigenvalue weighted by molar-refractivity contribution is 0.133. The molecule has 0 unspecified atom stereocenters. The lowest BCUT2D eigenvalue weighted by Crippen LogP contribution is -2.08. The van der Waals surface area contributed by atoms with E-state index in [1.54, 1.807) is 24.0 Å². The minimum absolute atomic E-state index is 0.105. The summed E-state index contributed by atoms with van der Waals surface area (Å²) in [5.74, 6) is -0.233. The van der Waals surface area contributed by atoms with Crippen molar-refractivity contribution < 1.29 is 18.3 Å². The second-order valence-electron chi connectivity index (χ2n) is 8.50. The second-order valence-corrected chi connectivity index (χ2v) is 8.50. The van der Waals surface area contributed by atoms with Crippen molar-refractivity contribution >= 4 is 22.4 Å². The molecule has 0 bridgehead atoms. The Hall–Kier alpha value is -4.44. The van der Waals surface area contributed by atoms with Crippen molar-refractivity contribution in [3.63, 3.8) is 0 Å². The van der Waals surface area contributed by atoms with Gasteiger partial charge in [0, 0.05) is 46.7 Å².